The quantitative estimate of drug-likeness (QED) is 0.735. The van der Waals surface area contributed by atoms with E-state index in [1.54, 1.807) is 4.90 Å². The molecule has 0 aromatic carbocycles. The average Bonchev–Trinajstić information content (AvgIpc) is 2.77. The van der Waals surface area contributed by atoms with Gasteiger partial charge in [-0.1, -0.05) is 13.8 Å². The molecule has 1 aliphatic heterocycles. The number of hydrogen-bond donors (Lipinski definition) is 0. The van der Waals surface area contributed by atoms with Gasteiger partial charge in [0.05, 0.1) is 12.6 Å². The molecule has 0 N–H and O–H groups in total. The molecule has 0 spiro atoms. The van der Waals surface area contributed by atoms with E-state index in [9.17, 15) is 4.79 Å². The molecule has 110 valence electrons. The maximum Gasteiger partial charge on any atom is 0.409 e. The van der Waals surface area contributed by atoms with Crippen LogP contribution in [0.5, 0.6) is 0 Å². The minimum atomic E-state index is -0.173. The lowest BCUT2D eigenvalue weighted by molar-refractivity contribution is -0.145. The summed E-state index contributed by atoms with van der Waals surface area (Å²) in [5, 5.41) is 0. The molecule has 2 atom stereocenters. The van der Waals surface area contributed by atoms with Gasteiger partial charge in [0, 0.05) is 31.2 Å². The second-order valence-corrected chi connectivity index (χ2v) is 6.10. The molecule has 2 aliphatic rings. The second-order valence-electron chi connectivity index (χ2n) is 6.10. The van der Waals surface area contributed by atoms with Gasteiger partial charge in [0.25, 0.3) is 0 Å². The Kier molecular flexibility index (Phi) is 4.36. The number of rotatable bonds is 6. The molecular formula is C14H26N2O3. The Balaban J connectivity index is 1.78. The number of cyclic esters (lactones) is 1. The molecule has 1 heterocycles. The van der Waals surface area contributed by atoms with Gasteiger partial charge >= 0.3 is 6.09 Å². The van der Waals surface area contributed by atoms with Gasteiger partial charge in [0.15, 0.2) is 0 Å². The number of hydrogen-bond acceptors (Lipinski definition) is 4. The van der Waals surface area contributed by atoms with Crippen LogP contribution in [0.2, 0.25) is 0 Å². The highest BCUT2D eigenvalue weighted by molar-refractivity contribution is 5.69. The molecule has 5 nitrogen and oxygen atoms in total. The minimum absolute atomic E-state index is 0.173. The predicted octanol–water partition coefficient (Wildman–Crippen LogP) is 1.57. The predicted molar refractivity (Wildman–Crippen MR) is 73.2 cm³/mol. The van der Waals surface area contributed by atoms with Crippen molar-refractivity contribution in [2.45, 2.75) is 39.3 Å². The van der Waals surface area contributed by atoms with Crippen molar-refractivity contribution in [3.05, 3.63) is 0 Å². The Morgan fingerprint density at radius 2 is 2.26 bits per heavy atom. The third kappa shape index (κ3) is 2.87. The van der Waals surface area contributed by atoms with Crippen LogP contribution in [0, 0.1) is 5.41 Å². The number of amides is 1. The van der Waals surface area contributed by atoms with Crippen molar-refractivity contribution in [2.75, 3.05) is 39.9 Å². The number of carbonyl (C=O) groups excluding carboxylic acids is 1. The first-order chi connectivity index (χ1) is 8.96. The first kappa shape index (κ1) is 14.6. The van der Waals surface area contributed by atoms with Crippen LogP contribution in [0.4, 0.5) is 4.79 Å². The molecule has 0 unspecified atom stereocenters. The summed E-state index contributed by atoms with van der Waals surface area (Å²) in [5.74, 6) is 0. The zero-order valence-corrected chi connectivity index (χ0v) is 12.5. The van der Waals surface area contributed by atoms with E-state index in [0.29, 0.717) is 18.8 Å². The van der Waals surface area contributed by atoms with Gasteiger partial charge in [0.1, 0.15) is 6.61 Å². The lowest BCUT2D eigenvalue weighted by Crippen LogP contribution is -2.61. The summed E-state index contributed by atoms with van der Waals surface area (Å²) >= 11 is 0. The van der Waals surface area contributed by atoms with Crippen molar-refractivity contribution in [2.24, 2.45) is 5.41 Å². The molecule has 19 heavy (non-hydrogen) atoms. The lowest BCUT2D eigenvalue weighted by Gasteiger charge is -2.55. The van der Waals surface area contributed by atoms with Crippen molar-refractivity contribution >= 4 is 6.09 Å². The first-order valence-electron chi connectivity index (χ1n) is 7.20. The molecule has 1 saturated carbocycles. The van der Waals surface area contributed by atoms with Gasteiger partial charge < -0.3 is 19.3 Å². The Morgan fingerprint density at radius 3 is 2.79 bits per heavy atom. The molecule has 2 fully saturated rings. The maximum absolute atomic E-state index is 11.4. The number of likely N-dealkylation sites (N-methyl/N-ethyl adjacent to an activating group) is 1. The van der Waals surface area contributed by atoms with Gasteiger partial charge in [-0.25, -0.2) is 4.79 Å². The standard InChI is InChI=1S/C14H26N2O3/c1-5-18-12-10-11(14(12,2)3)15(4)6-7-16-8-9-19-13(16)17/h11-12H,5-10H2,1-4H3/t11-,12-/m0/s1. The summed E-state index contributed by atoms with van der Waals surface area (Å²) in [7, 11) is 2.13. The molecule has 1 saturated heterocycles. The minimum Gasteiger partial charge on any atom is -0.448 e. The van der Waals surface area contributed by atoms with Crippen LogP contribution in [0.3, 0.4) is 0 Å². The number of ether oxygens (including phenoxy) is 2. The third-order valence-corrected chi connectivity index (χ3v) is 4.59. The van der Waals surface area contributed by atoms with Crippen molar-refractivity contribution < 1.29 is 14.3 Å². The van der Waals surface area contributed by atoms with Crippen LogP contribution >= 0.6 is 0 Å². The Labute approximate surface area is 115 Å². The summed E-state index contributed by atoms with van der Waals surface area (Å²) < 4.78 is 10.7. The zero-order valence-electron chi connectivity index (χ0n) is 12.5. The fourth-order valence-electron chi connectivity index (χ4n) is 3.16. The molecule has 1 aliphatic carbocycles. The van der Waals surface area contributed by atoms with Crippen LogP contribution in [0.25, 0.3) is 0 Å². The van der Waals surface area contributed by atoms with E-state index >= 15 is 0 Å². The van der Waals surface area contributed by atoms with Gasteiger partial charge in [-0.15, -0.1) is 0 Å². The highest BCUT2D eigenvalue weighted by Gasteiger charge is 2.50. The van der Waals surface area contributed by atoms with Crippen molar-refractivity contribution in [1.29, 1.82) is 0 Å². The Bertz CT molecular complexity index is 333. The summed E-state index contributed by atoms with van der Waals surface area (Å²) in [5.41, 5.74) is 0.191. The van der Waals surface area contributed by atoms with Gasteiger partial charge in [-0.3, -0.25) is 0 Å². The average molecular weight is 270 g/mol. The van der Waals surface area contributed by atoms with Crippen LogP contribution in [-0.2, 0) is 9.47 Å². The normalized spacial score (nSPS) is 29.5. The van der Waals surface area contributed by atoms with Crippen LogP contribution < -0.4 is 0 Å². The maximum atomic E-state index is 11.4. The molecule has 2 rings (SSSR count). The highest BCUT2D eigenvalue weighted by Crippen LogP contribution is 2.45. The summed E-state index contributed by atoms with van der Waals surface area (Å²) in [4.78, 5) is 15.5. The van der Waals surface area contributed by atoms with E-state index in [4.69, 9.17) is 9.47 Å². The van der Waals surface area contributed by atoms with Gasteiger partial charge in [-0.2, -0.15) is 0 Å². The Morgan fingerprint density at radius 1 is 1.53 bits per heavy atom. The van der Waals surface area contributed by atoms with E-state index in [0.717, 1.165) is 32.7 Å². The smallest absolute Gasteiger partial charge is 0.409 e. The largest absolute Gasteiger partial charge is 0.448 e. The van der Waals surface area contributed by atoms with E-state index in [2.05, 4.69) is 25.8 Å². The number of carbonyl (C=O) groups is 1. The van der Waals surface area contributed by atoms with Crippen LogP contribution in [-0.4, -0.2) is 67.9 Å². The van der Waals surface area contributed by atoms with E-state index in [1.807, 2.05) is 6.92 Å². The monoisotopic (exact) mass is 270 g/mol. The van der Waals surface area contributed by atoms with Crippen LogP contribution in [0.1, 0.15) is 27.2 Å². The summed E-state index contributed by atoms with van der Waals surface area (Å²) in [6.45, 7) is 10.3. The molecule has 0 radical (unpaired) electrons. The molecular weight excluding hydrogens is 244 g/mol. The van der Waals surface area contributed by atoms with E-state index in [-0.39, 0.29) is 11.5 Å². The second kappa shape index (κ2) is 5.67. The SMILES string of the molecule is CCO[C@H]1C[C@H](N(C)CCN2CCOC2=O)C1(C)C. The van der Waals surface area contributed by atoms with Crippen molar-refractivity contribution in [1.82, 2.24) is 9.80 Å². The van der Waals surface area contributed by atoms with E-state index < -0.39 is 0 Å². The highest BCUT2D eigenvalue weighted by atomic mass is 16.6. The fourth-order valence-corrected chi connectivity index (χ4v) is 3.16. The molecule has 0 aromatic rings. The number of nitrogens with zero attached hydrogens (tertiary/aromatic N) is 2. The molecule has 0 aromatic heterocycles. The van der Waals surface area contributed by atoms with Gasteiger partial charge in [-0.05, 0) is 20.4 Å². The topological polar surface area (TPSA) is 42.0 Å². The van der Waals surface area contributed by atoms with Crippen molar-refractivity contribution in [3.63, 3.8) is 0 Å². The molecule has 5 heteroatoms. The van der Waals surface area contributed by atoms with Gasteiger partial charge in [0.2, 0.25) is 0 Å². The Hall–Kier alpha value is -0.810. The van der Waals surface area contributed by atoms with Crippen LogP contribution in [0.15, 0.2) is 0 Å². The third-order valence-electron chi connectivity index (χ3n) is 4.59. The summed E-state index contributed by atoms with van der Waals surface area (Å²) in [6, 6.07) is 0.530. The lowest BCUT2D eigenvalue weighted by atomic mass is 9.64. The molecule has 1 amide bonds. The fraction of sp³-hybridized carbons (Fsp3) is 0.929. The van der Waals surface area contributed by atoms with E-state index in [1.165, 1.54) is 0 Å². The zero-order chi connectivity index (χ0) is 14.0. The van der Waals surface area contributed by atoms with Crippen molar-refractivity contribution in [3.8, 4) is 0 Å². The molecule has 0 bridgehead atoms. The first-order valence-corrected chi connectivity index (χ1v) is 7.20. The summed E-state index contributed by atoms with van der Waals surface area (Å²) in [6.07, 6.45) is 1.28.